The van der Waals surface area contributed by atoms with E-state index < -0.39 is 0 Å². The summed E-state index contributed by atoms with van der Waals surface area (Å²) in [6.07, 6.45) is 0. The number of hydrazine groups is 1. The highest BCUT2D eigenvalue weighted by atomic mass is 35.5. The van der Waals surface area contributed by atoms with Gasteiger partial charge in [0, 0.05) is 11.3 Å². The number of hydrogen-bond donors (Lipinski definition) is 2. The molecular formula is C12H13ClN4O. The second-order valence-corrected chi connectivity index (χ2v) is 4.12. The molecule has 0 amide bonds. The van der Waals surface area contributed by atoms with Crippen LogP contribution in [0.4, 0.5) is 5.95 Å². The minimum atomic E-state index is 0.358. The molecule has 6 heteroatoms. The maximum absolute atomic E-state index is 6.20. The van der Waals surface area contributed by atoms with E-state index >= 15 is 0 Å². The lowest BCUT2D eigenvalue weighted by molar-refractivity contribution is 0.415. The van der Waals surface area contributed by atoms with E-state index in [1.54, 1.807) is 13.2 Å². The van der Waals surface area contributed by atoms with Gasteiger partial charge in [-0.25, -0.2) is 15.8 Å². The van der Waals surface area contributed by atoms with Crippen molar-refractivity contribution >= 4 is 17.5 Å². The van der Waals surface area contributed by atoms with Gasteiger partial charge in [-0.05, 0) is 31.2 Å². The summed E-state index contributed by atoms with van der Waals surface area (Å²) in [4.78, 5) is 8.39. The molecule has 5 nitrogen and oxygen atoms in total. The van der Waals surface area contributed by atoms with Gasteiger partial charge < -0.3 is 4.74 Å². The highest BCUT2D eigenvalue weighted by molar-refractivity contribution is 6.33. The Kier molecular flexibility index (Phi) is 3.64. The van der Waals surface area contributed by atoms with Gasteiger partial charge >= 0.3 is 0 Å². The van der Waals surface area contributed by atoms with Crippen LogP contribution in [0, 0.1) is 6.92 Å². The van der Waals surface area contributed by atoms with Gasteiger partial charge in [-0.3, -0.25) is 5.43 Å². The van der Waals surface area contributed by atoms with E-state index in [2.05, 4.69) is 15.4 Å². The zero-order chi connectivity index (χ0) is 13.1. The molecule has 1 aromatic heterocycles. The van der Waals surface area contributed by atoms with E-state index in [4.69, 9.17) is 22.2 Å². The van der Waals surface area contributed by atoms with E-state index in [0.717, 1.165) is 11.3 Å². The first kappa shape index (κ1) is 12.6. The molecule has 2 aromatic rings. The van der Waals surface area contributed by atoms with Crippen molar-refractivity contribution in [3.05, 3.63) is 35.0 Å². The molecule has 0 unspecified atom stereocenters. The van der Waals surface area contributed by atoms with E-state index in [1.165, 1.54) is 0 Å². The average Bonchev–Trinajstić information content (AvgIpc) is 2.37. The minimum absolute atomic E-state index is 0.358. The van der Waals surface area contributed by atoms with Gasteiger partial charge in [0.05, 0.1) is 17.8 Å². The maximum Gasteiger partial charge on any atom is 0.237 e. The Labute approximate surface area is 110 Å². The summed E-state index contributed by atoms with van der Waals surface area (Å²) in [5.74, 6) is 6.38. The molecule has 0 saturated carbocycles. The second kappa shape index (κ2) is 5.20. The number of ether oxygens (including phenoxy) is 1. The molecule has 0 spiro atoms. The number of anilines is 1. The minimum Gasteiger partial charge on any atom is -0.497 e. The average molecular weight is 265 g/mol. The van der Waals surface area contributed by atoms with Crippen LogP contribution in [-0.2, 0) is 0 Å². The van der Waals surface area contributed by atoms with Gasteiger partial charge in [0.1, 0.15) is 5.75 Å². The first-order valence-corrected chi connectivity index (χ1v) is 5.68. The Morgan fingerprint density at radius 2 is 2.06 bits per heavy atom. The number of methoxy groups -OCH3 is 1. The molecule has 0 aliphatic heterocycles. The summed E-state index contributed by atoms with van der Waals surface area (Å²) in [6.45, 7) is 1.86. The number of nitrogens with two attached hydrogens (primary N) is 1. The summed E-state index contributed by atoms with van der Waals surface area (Å²) in [7, 11) is 1.59. The second-order valence-electron chi connectivity index (χ2n) is 3.71. The largest absolute Gasteiger partial charge is 0.497 e. The van der Waals surface area contributed by atoms with E-state index in [9.17, 15) is 0 Å². The molecule has 0 aliphatic rings. The van der Waals surface area contributed by atoms with Crippen molar-refractivity contribution in [2.24, 2.45) is 5.84 Å². The zero-order valence-corrected chi connectivity index (χ0v) is 10.8. The quantitative estimate of drug-likeness (QED) is 0.658. The number of hydrogen-bond acceptors (Lipinski definition) is 5. The summed E-state index contributed by atoms with van der Waals surface area (Å²) in [6, 6.07) is 7.26. The topological polar surface area (TPSA) is 73.1 Å². The predicted molar refractivity (Wildman–Crippen MR) is 71.6 cm³/mol. The molecule has 94 valence electrons. The van der Waals surface area contributed by atoms with Crippen molar-refractivity contribution in [2.75, 3.05) is 12.5 Å². The molecule has 1 heterocycles. The fourth-order valence-corrected chi connectivity index (χ4v) is 1.87. The van der Waals surface area contributed by atoms with Gasteiger partial charge in [-0.2, -0.15) is 0 Å². The lowest BCUT2D eigenvalue weighted by Gasteiger charge is -2.08. The van der Waals surface area contributed by atoms with Crippen LogP contribution in [0.1, 0.15) is 5.69 Å². The summed E-state index contributed by atoms with van der Waals surface area (Å²) in [5.41, 5.74) is 4.75. The van der Waals surface area contributed by atoms with Crippen LogP contribution in [0.3, 0.4) is 0 Å². The summed E-state index contributed by atoms with van der Waals surface area (Å²) >= 11 is 6.20. The Bertz CT molecular complexity index is 574. The molecule has 0 saturated heterocycles. The van der Waals surface area contributed by atoms with Crippen LogP contribution >= 0.6 is 11.6 Å². The number of halogens is 1. The molecule has 2 rings (SSSR count). The van der Waals surface area contributed by atoms with Crippen molar-refractivity contribution in [1.82, 2.24) is 9.97 Å². The van der Waals surface area contributed by atoms with E-state index in [0.29, 0.717) is 22.4 Å². The van der Waals surface area contributed by atoms with Crippen LogP contribution < -0.4 is 16.0 Å². The molecule has 18 heavy (non-hydrogen) atoms. The van der Waals surface area contributed by atoms with E-state index in [-0.39, 0.29) is 0 Å². The van der Waals surface area contributed by atoms with Crippen LogP contribution in [-0.4, -0.2) is 17.1 Å². The van der Waals surface area contributed by atoms with Crippen molar-refractivity contribution in [3.63, 3.8) is 0 Å². The number of nitrogens with zero attached hydrogens (tertiary/aromatic N) is 2. The lowest BCUT2D eigenvalue weighted by Crippen LogP contribution is -2.11. The standard InChI is InChI=1S/C12H13ClN4O/c1-7-5-11(16-12(15-7)17-14)9-4-3-8(18-2)6-10(9)13/h3-6H,14H2,1-2H3,(H,15,16,17). The SMILES string of the molecule is COc1ccc(-c2cc(C)nc(NN)n2)c(Cl)c1. The Hall–Kier alpha value is -1.85. The monoisotopic (exact) mass is 264 g/mol. The number of benzene rings is 1. The number of aromatic nitrogens is 2. The van der Waals surface area contributed by atoms with Gasteiger partial charge in [0.25, 0.3) is 0 Å². The molecule has 0 radical (unpaired) electrons. The Morgan fingerprint density at radius 3 is 2.67 bits per heavy atom. The number of rotatable bonds is 3. The van der Waals surface area contributed by atoms with Crippen molar-refractivity contribution < 1.29 is 4.74 Å². The molecule has 0 fully saturated rings. The predicted octanol–water partition coefficient (Wildman–Crippen LogP) is 2.40. The molecule has 0 bridgehead atoms. The van der Waals surface area contributed by atoms with Gasteiger partial charge in [-0.1, -0.05) is 11.6 Å². The lowest BCUT2D eigenvalue weighted by atomic mass is 10.1. The molecule has 0 atom stereocenters. The highest BCUT2D eigenvalue weighted by Crippen LogP contribution is 2.30. The number of aryl methyl sites for hydroxylation is 1. The fourth-order valence-electron chi connectivity index (χ4n) is 1.60. The molecule has 1 aromatic carbocycles. The maximum atomic E-state index is 6.20. The van der Waals surface area contributed by atoms with Crippen LogP contribution in [0.25, 0.3) is 11.3 Å². The first-order chi connectivity index (χ1) is 8.63. The third kappa shape index (κ3) is 2.52. The normalized spacial score (nSPS) is 10.2. The number of nitrogens with one attached hydrogen (secondary N) is 1. The van der Waals surface area contributed by atoms with E-state index in [1.807, 2.05) is 25.1 Å². The van der Waals surface area contributed by atoms with Gasteiger partial charge in [0.2, 0.25) is 5.95 Å². The Balaban J connectivity index is 2.51. The Morgan fingerprint density at radius 1 is 1.28 bits per heavy atom. The molecular weight excluding hydrogens is 252 g/mol. The fraction of sp³-hybridized carbons (Fsp3) is 0.167. The van der Waals surface area contributed by atoms with Crippen LogP contribution in [0.15, 0.2) is 24.3 Å². The van der Waals surface area contributed by atoms with Gasteiger partial charge in [-0.15, -0.1) is 0 Å². The smallest absolute Gasteiger partial charge is 0.237 e. The third-order valence-electron chi connectivity index (χ3n) is 2.44. The van der Waals surface area contributed by atoms with Crippen molar-refractivity contribution in [3.8, 4) is 17.0 Å². The molecule has 3 N–H and O–H groups in total. The number of nitrogen functional groups attached to an aromatic ring is 1. The molecule has 0 aliphatic carbocycles. The first-order valence-electron chi connectivity index (χ1n) is 5.30. The van der Waals surface area contributed by atoms with Crippen LogP contribution in [0.5, 0.6) is 5.75 Å². The third-order valence-corrected chi connectivity index (χ3v) is 2.75. The van der Waals surface area contributed by atoms with Crippen LogP contribution in [0.2, 0.25) is 5.02 Å². The highest BCUT2D eigenvalue weighted by Gasteiger charge is 2.08. The van der Waals surface area contributed by atoms with Gasteiger partial charge in [0.15, 0.2) is 0 Å². The van der Waals surface area contributed by atoms with Crippen molar-refractivity contribution in [1.29, 1.82) is 0 Å². The summed E-state index contributed by atoms with van der Waals surface area (Å²) < 4.78 is 5.10. The van der Waals surface area contributed by atoms with Crippen molar-refractivity contribution in [2.45, 2.75) is 6.92 Å². The summed E-state index contributed by atoms with van der Waals surface area (Å²) in [5, 5.41) is 0.565. The zero-order valence-electron chi connectivity index (χ0n) is 10.1.